The molecule has 1 aliphatic rings. The highest BCUT2D eigenvalue weighted by molar-refractivity contribution is 5.41. The summed E-state index contributed by atoms with van der Waals surface area (Å²) in [4.78, 5) is 0. The minimum absolute atomic E-state index is 0.214. The van der Waals surface area contributed by atoms with Gasteiger partial charge in [-0.25, -0.2) is 0 Å². The van der Waals surface area contributed by atoms with Gasteiger partial charge in [0.2, 0.25) is 0 Å². The van der Waals surface area contributed by atoms with Gasteiger partial charge in [0.05, 0.1) is 0 Å². The number of para-hydroxylation sites is 1. The van der Waals surface area contributed by atoms with E-state index in [9.17, 15) is 0 Å². The number of ether oxygens (including phenoxy) is 1. The summed E-state index contributed by atoms with van der Waals surface area (Å²) in [6.45, 7) is 4.24. The van der Waals surface area contributed by atoms with Gasteiger partial charge >= 0.3 is 0 Å². The van der Waals surface area contributed by atoms with Crippen LogP contribution in [0.4, 0.5) is 0 Å². The lowest BCUT2D eigenvalue weighted by molar-refractivity contribution is 0.226. The fourth-order valence-corrected chi connectivity index (χ4v) is 2.50. The maximum absolute atomic E-state index is 6.22. The van der Waals surface area contributed by atoms with E-state index in [0.29, 0.717) is 0 Å². The van der Waals surface area contributed by atoms with E-state index in [2.05, 4.69) is 44.2 Å². The summed E-state index contributed by atoms with van der Waals surface area (Å²) < 4.78 is 6.22. The van der Waals surface area contributed by atoms with Crippen LogP contribution in [-0.4, -0.2) is 12.1 Å². The largest absolute Gasteiger partial charge is 0.486 e. The first kappa shape index (κ1) is 14.1. The second-order valence-electron chi connectivity index (χ2n) is 5.45. The van der Waals surface area contributed by atoms with Crippen LogP contribution in [0.15, 0.2) is 30.4 Å². The third-order valence-electron chi connectivity index (χ3n) is 3.78. The molecule has 0 radical (unpaired) electrons. The summed E-state index contributed by atoms with van der Waals surface area (Å²) in [5.41, 5.74) is 8.54. The van der Waals surface area contributed by atoms with Gasteiger partial charge in [-0.2, -0.15) is 0 Å². The van der Waals surface area contributed by atoms with E-state index in [1.54, 1.807) is 0 Å². The molecule has 2 unspecified atom stereocenters. The topological polar surface area (TPSA) is 35.2 Å². The third-order valence-corrected chi connectivity index (χ3v) is 3.78. The van der Waals surface area contributed by atoms with Crippen LogP contribution >= 0.6 is 0 Å². The number of benzene rings is 1. The zero-order chi connectivity index (χ0) is 13.7. The van der Waals surface area contributed by atoms with Crippen LogP contribution in [0.25, 0.3) is 0 Å². The fraction of sp³-hybridized carbons (Fsp3) is 0.529. The summed E-state index contributed by atoms with van der Waals surface area (Å²) in [5.74, 6) is 1.04. The second-order valence-corrected chi connectivity index (χ2v) is 5.45. The van der Waals surface area contributed by atoms with Gasteiger partial charge in [-0.15, -0.1) is 0 Å². The zero-order valence-electron chi connectivity index (χ0n) is 12.1. The smallest absolute Gasteiger partial charge is 0.126 e. The van der Waals surface area contributed by atoms with E-state index in [0.717, 1.165) is 25.0 Å². The fourth-order valence-electron chi connectivity index (χ4n) is 2.50. The molecule has 0 amide bonds. The molecule has 19 heavy (non-hydrogen) atoms. The number of aryl methyl sites for hydroxylation is 1. The predicted molar refractivity (Wildman–Crippen MR) is 80.6 cm³/mol. The van der Waals surface area contributed by atoms with Gasteiger partial charge in [0.1, 0.15) is 11.9 Å². The van der Waals surface area contributed by atoms with Crippen molar-refractivity contribution in [1.29, 1.82) is 0 Å². The van der Waals surface area contributed by atoms with Crippen molar-refractivity contribution in [3.8, 4) is 5.75 Å². The Balaban J connectivity index is 2.17. The van der Waals surface area contributed by atoms with Crippen molar-refractivity contribution < 1.29 is 4.74 Å². The zero-order valence-corrected chi connectivity index (χ0v) is 12.1. The second kappa shape index (κ2) is 6.76. The maximum Gasteiger partial charge on any atom is 0.126 e. The Bertz CT molecular complexity index is 439. The van der Waals surface area contributed by atoms with E-state index in [1.807, 2.05) is 0 Å². The van der Waals surface area contributed by atoms with Crippen molar-refractivity contribution in [2.45, 2.75) is 58.1 Å². The molecule has 2 rings (SSSR count). The van der Waals surface area contributed by atoms with Crippen LogP contribution in [0.3, 0.4) is 0 Å². The molecule has 0 heterocycles. The molecule has 0 saturated carbocycles. The van der Waals surface area contributed by atoms with Gasteiger partial charge in [0.15, 0.2) is 0 Å². The standard InChI is InChI=1S/C17H25NO/c1-3-15(18)12-14-9-7-8-13(2)17(14)19-16-10-5-4-6-11-16/h5,7-10,15-16H,3-4,6,11-12,18H2,1-2H3. The van der Waals surface area contributed by atoms with Gasteiger partial charge in [-0.3, -0.25) is 0 Å². The minimum Gasteiger partial charge on any atom is -0.486 e. The third kappa shape index (κ3) is 3.84. The quantitative estimate of drug-likeness (QED) is 0.817. The number of hydrogen-bond donors (Lipinski definition) is 1. The summed E-state index contributed by atoms with van der Waals surface area (Å²) in [6.07, 6.45) is 10.1. The molecule has 104 valence electrons. The SMILES string of the molecule is CCC(N)Cc1cccc(C)c1OC1C=CCCC1. The molecule has 2 nitrogen and oxygen atoms in total. The predicted octanol–water partition coefficient (Wildman–Crippen LogP) is 3.76. The van der Waals surface area contributed by atoms with Crippen molar-refractivity contribution in [2.24, 2.45) is 5.73 Å². The molecule has 1 aromatic rings. The van der Waals surface area contributed by atoms with E-state index >= 15 is 0 Å². The average molecular weight is 259 g/mol. The Hall–Kier alpha value is -1.28. The average Bonchev–Trinajstić information content (AvgIpc) is 2.43. The van der Waals surface area contributed by atoms with E-state index in [4.69, 9.17) is 10.5 Å². The molecule has 2 heteroatoms. The number of nitrogens with two attached hydrogens (primary N) is 1. The lowest BCUT2D eigenvalue weighted by Crippen LogP contribution is -2.23. The van der Waals surface area contributed by atoms with Crippen LogP contribution in [0.1, 0.15) is 43.7 Å². The van der Waals surface area contributed by atoms with Crippen LogP contribution < -0.4 is 10.5 Å². The van der Waals surface area contributed by atoms with E-state index in [-0.39, 0.29) is 12.1 Å². The van der Waals surface area contributed by atoms with Crippen molar-refractivity contribution in [3.05, 3.63) is 41.5 Å². The normalized spacial score (nSPS) is 20.3. The Kier molecular flexibility index (Phi) is 5.03. The van der Waals surface area contributed by atoms with Gasteiger partial charge in [0.25, 0.3) is 0 Å². The van der Waals surface area contributed by atoms with Gasteiger partial charge < -0.3 is 10.5 Å². The first-order valence-corrected chi connectivity index (χ1v) is 7.38. The lowest BCUT2D eigenvalue weighted by atomic mass is 10.0. The van der Waals surface area contributed by atoms with Crippen molar-refractivity contribution >= 4 is 0 Å². The first-order valence-electron chi connectivity index (χ1n) is 7.38. The van der Waals surface area contributed by atoms with Crippen LogP contribution in [-0.2, 0) is 6.42 Å². The molecule has 0 bridgehead atoms. The molecule has 1 aromatic carbocycles. The highest BCUT2D eigenvalue weighted by Gasteiger charge is 2.15. The minimum atomic E-state index is 0.214. The number of rotatable bonds is 5. The summed E-state index contributed by atoms with van der Waals surface area (Å²) in [7, 11) is 0. The Morgan fingerprint density at radius 1 is 1.42 bits per heavy atom. The highest BCUT2D eigenvalue weighted by Crippen LogP contribution is 2.28. The number of hydrogen-bond acceptors (Lipinski definition) is 2. The first-order chi connectivity index (χ1) is 9.20. The highest BCUT2D eigenvalue weighted by atomic mass is 16.5. The van der Waals surface area contributed by atoms with Gasteiger partial charge in [-0.1, -0.05) is 31.2 Å². The Morgan fingerprint density at radius 3 is 2.95 bits per heavy atom. The summed E-state index contributed by atoms with van der Waals surface area (Å²) in [6, 6.07) is 6.56. The molecule has 0 saturated heterocycles. The van der Waals surface area contributed by atoms with Crippen LogP contribution in [0.2, 0.25) is 0 Å². The number of allylic oxidation sites excluding steroid dienone is 1. The molecular weight excluding hydrogens is 234 g/mol. The molecule has 0 spiro atoms. The van der Waals surface area contributed by atoms with Crippen LogP contribution in [0.5, 0.6) is 5.75 Å². The molecule has 0 aliphatic heterocycles. The van der Waals surface area contributed by atoms with Crippen molar-refractivity contribution in [1.82, 2.24) is 0 Å². The molecule has 1 aliphatic carbocycles. The van der Waals surface area contributed by atoms with Crippen LogP contribution in [0, 0.1) is 6.92 Å². The molecule has 0 fully saturated rings. The van der Waals surface area contributed by atoms with Gasteiger partial charge in [0, 0.05) is 6.04 Å². The summed E-state index contributed by atoms with van der Waals surface area (Å²) >= 11 is 0. The van der Waals surface area contributed by atoms with E-state index < -0.39 is 0 Å². The Labute approximate surface area is 116 Å². The maximum atomic E-state index is 6.22. The van der Waals surface area contributed by atoms with Gasteiger partial charge in [-0.05, 0) is 56.2 Å². The van der Waals surface area contributed by atoms with Crippen molar-refractivity contribution in [3.63, 3.8) is 0 Å². The molecule has 2 N–H and O–H groups in total. The molecular formula is C17H25NO. The monoisotopic (exact) mass is 259 g/mol. The van der Waals surface area contributed by atoms with E-state index in [1.165, 1.54) is 24.0 Å². The molecule has 2 atom stereocenters. The lowest BCUT2D eigenvalue weighted by Gasteiger charge is -2.23. The summed E-state index contributed by atoms with van der Waals surface area (Å²) in [5, 5.41) is 0. The van der Waals surface area contributed by atoms with Crippen molar-refractivity contribution in [2.75, 3.05) is 0 Å². The molecule has 0 aromatic heterocycles. The Morgan fingerprint density at radius 2 is 2.26 bits per heavy atom.